The topological polar surface area (TPSA) is 18.5 Å². The van der Waals surface area contributed by atoms with E-state index in [1.165, 1.54) is 39.0 Å². The van der Waals surface area contributed by atoms with E-state index in [9.17, 15) is 0 Å². The first-order valence-electron chi connectivity index (χ1n) is 5.51. The number of hydrogen-bond acceptors (Lipinski definition) is 3. The lowest BCUT2D eigenvalue weighted by Crippen LogP contribution is -2.70. The smallest absolute Gasteiger partial charge is 0.0245 e. The van der Waals surface area contributed by atoms with Crippen molar-refractivity contribution >= 4 is 0 Å². The van der Waals surface area contributed by atoms with Crippen molar-refractivity contribution in [3.8, 4) is 0 Å². The first kappa shape index (κ1) is 8.21. The Hall–Kier alpha value is -0.120. The Labute approximate surface area is 80.1 Å². The molecular weight excluding hydrogens is 162 g/mol. The summed E-state index contributed by atoms with van der Waals surface area (Å²) in [6, 6.07) is 2.62. The molecule has 4 saturated heterocycles. The third-order valence-electron chi connectivity index (χ3n) is 3.89. The Kier molecular flexibility index (Phi) is 1.86. The van der Waals surface area contributed by atoms with E-state index in [2.05, 4.69) is 22.2 Å². The minimum Gasteiger partial charge on any atom is -0.315 e. The predicted molar refractivity (Wildman–Crippen MR) is 52.8 cm³/mol. The molecule has 2 bridgehead atoms. The monoisotopic (exact) mass is 181 g/mol. The highest BCUT2D eigenvalue weighted by atomic mass is 15.4. The van der Waals surface area contributed by atoms with Crippen LogP contribution in [-0.4, -0.2) is 61.2 Å². The largest absolute Gasteiger partial charge is 0.315 e. The van der Waals surface area contributed by atoms with Gasteiger partial charge in [0.1, 0.15) is 0 Å². The standard InChI is InChI=1S/C10H19N3/c1-12-6-9-4-10(7-12)13(9)8-2-3-11-5-8/h8-11H,2-7H2,1H3/t8-,9?,10?/m1/s1. The Morgan fingerprint density at radius 2 is 1.92 bits per heavy atom. The number of fused-ring (bicyclic) bond motifs is 2. The molecule has 3 nitrogen and oxygen atoms in total. The van der Waals surface area contributed by atoms with Crippen LogP contribution in [0.1, 0.15) is 12.8 Å². The molecule has 4 fully saturated rings. The zero-order valence-corrected chi connectivity index (χ0v) is 8.37. The van der Waals surface area contributed by atoms with Gasteiger partial charge < -0.3 is 10.2 Å². The van der Waals surface area contributed by atoms with Gasteiger partial charge in [-0.1, -0.05) is 0 Å². The van der Waals surface area contributed by atoms with Gasteiger partial charge in [-0.2, -0.15) is 0 Å². The number of rotatable bonds is 1. The third kappa shape index (κ3) is 1.22. The van der Waals surface area contributed by atoms with Crippen molar-refractivity contribution in [2.75, 3.05) is 33.2 Å². The summed E-state index contributed by atoms with van der Waals surface area (Å²) in [7, 11) is 2.25. The Morgan fingerprint density at radius 3 is 2.54 bits per heavy atom. The van der Waals surface area contributed by atoms with Crippen LogP contribution in [0.15, 0.2) is 0 Å². The van der Waals surface area contributed by atoms with E-state index in [4.69, 9.17) is 0 Å². The zero-order valence-electron chi connectivity index (χ0n) is 8.37. The number of piperazine rings is 1. The van der Waals surface area contributed by atoms with Crippen molar-refractivity contribution in [2.24, 2.45) is 0 Å². The number of nitrogens with zero attached hydrogens (tertiary/aromatic N) is 2. The normalized spacial score (nSPS) is 46.4. The molecule has 4 rings (SSSR count). The molecule has 0 aromatic heterocycles. The fourth-order valence-electron chi connectivity index (χ4n) is 3.34. The summed E-state index contributed by atoms with van der Waals surface area (Å²) in [5.41, 5.74) is 0. The number of piperidine rings is 1. The summed E-state index contributed by atoms with van der Waals surface area (Å²) < 4.78 is 0. The molecule has 74 valence electrons. The molecule has 13 heavy (non-hydrogen) atoms. The van der Waals surface area contributed by atoms with E-state index in [1.807, 2.05) is 0 Å². The Balaban J connectivity index is 1.67. The van der Waals surface area contributed by atoms with Gasteiger partial charge in [0.05, 0.1) is 0 Å². The lowest BCUT2D eigenvalue weighted by Gasteiger charge is -2.58. The molecule has 0 aliphatic carbocycles. The van der Waals surface area contributed by atoms with Crippen molar-refractivity contribution in [2.45, 2.75) is 31.0 Å². The summed E-state index contributed by atoms with van der Waals surface area (Å²) in [5, 5.41) is 3.47. The quantitative estimate of drug-likeness (QED) is 0.601. The number of nitrogens with one attached hydrogen (secondary N) is 1. The second-order valence-corrected chi connectivity index (χ2v) is 4.86. The molecule has 4 heterocycles. The summed E-state index contributed by atoms with van der Waals surface area (Å²) in [5.74, 6) is 0. The van der Waals surface area contributed by atoms with Crippen LogP contribution in [0.3, 0.4) is 0 Å². The molecule has 0 amide bonds. The minimum absolute atomic E-state index is 0.859. The second-order valence-electron chi connectivity index (χ2n) is 4.86. The molecular formula is C10H19N3. The van der Waals surface area contributed by atoms with Gasteiger partial charge in [0, 0.05) is 37.8 Å². The minimum atomic E-state index is 0.859. The van der Waals surface area contributed by atoms with E-state index in [0.717, 1.165) is 18.1 Å². The van der Waals surface area contributed by atoms with E-state index in [1.54, 1.807) is 0 Å². The second kappa shape index (κ2) is 2.94. The van der Waals surface area contributed by atoms with Crippen molar-refractivity contribution in [3.05, 3.63) is 0 Å². The highest BCUT2D eigenvalue weighted by molar-refractivity contribution is 5.04. The maximum Gasteiger partial charge on any atom is 0.0245 e. The Morgan fingerprint density at radius 1 is 1.15 bits per heavy atom. The van der Waals surface area contributed by atoms with E-state index >= 15 is 0 Å². The van der Waals surface area contributed by atoms with Crippen LogP contribution in [0.4, 0.5) is 0 Å². The summed E-state index contributed by atoms with van der Waals surface area (Å²) in [4.78, 5) is 5.26. The molecule has 4 aliphatic rings. The molecule has 0 spiro atoms. The molecule has 0 radical (unpaired) electrons. The predicted octanol–water partition coefficient (Wildman–Crippen LogP) is -0.263. The number of hydrogen-bond donors (Lipinski definition) is 1. The molecule has 1 N–H and O–H groups in total. The van der Waals surface area contributed by atoms with Crippen LogP contribution in [0.25, 0.3) is 0 Å². The summed E-state index contributed by atoms with van der Waals surface area (Å²) >= 11 is 0. The SMILES string of the molecule is CN1CC2CC(C1)N2[C@@H]1CCNC1. The van der Waals surface area contributed by atoms with Crippen LogP contribution < -0.4 is 5.32 Å². The van der Waals surface area contributed by atoms with Crippen LogP contribution in [0, 0.1) is 0 Å². The van der Waals surface area contributed by atoms with Crippen molar-refractivity contribution in [3.63, 3.8) is 0 Å². The molecule has 0 saturated carbocycles. The van der Waals surface area contributed by atoms with Crippen molar-refractivity contribution in [1.82, 2.24) is 15.1 Å². The molecule has 3 atom stereocenters. The molecule has 0 aromatic carbocycles. The maximum absolute atomic E-state index is 3.47. The lowest BCUT2D eigenvalue weighted by molar-refractivity contribution is -0.0842. The lowest BCUT2D eigenvalue weighted by atomic mass is 9.85. The summed E-state index contributed by atoms with van der Waals surface area (Å²) in [6.07, 6.45) is 2.83. The van der Waals surface area contributed by atoms with Crippen LogP contribution in [0.2, 0.25) is 0 Å². The third-order valence-corrected chi connectivity index (χ3v) is 3.89. The Bertz CT molecular complexity index is 188. The molecule has 4 aliphatic heterocycles. The van der Waals surface area contributed by atoms with Gasteiger partial charge in [-0.05, 0) is 26.4 Å². The van der Waals surface area contributed by atoms with Gasteiger partial charge in [-0.3, -0.25) is 4.90 Å². The van der Waals surface area contributed by atoms with Crippen LogP contribution in [-0.2, 0) is 0 Å². The van der Waals surface area contributed by atoms with Gasteiger partial charge in [0.25, 0.3) is 0 Å². The van der Waals surface area contributed by atoms with E-state index < -0.39 is 0 Å². The summed E-state index contributed by atoms with van der Waals surface area (Å²) in [6.45, 7) is 5.06. The first-order valence-corrected chi connectivity index (χ1v) is 5.51. The first-order chi connectivity index (χ1) is 6.34. The van der Waals surface area contributed by atoms with Crippen molar-refractivity contribution in [1.29, 1.82) is 0 Å². The number of likely N-dealkylation sites (N-methyl/N-ethyl adjacent to an activating group) is 1. The van der Waals surface area contributed by atoms with Crippen molar-refractivity contribution < 1.29 is 0 Å². The average Bonchev–Trinajstić information content (AvgIpc) is 2.56. The van der Waals surface area contributed by atoms with Gasteiger partial charge in [-0.15, -0.1) is 0 Å². The highest BCUT2D eigenvalue weighted by Gasteiger charge is 2.46. The highest BCUT2D eigenvalue weighted by Crippen LogP contribution is 2.34. The van der Waals surface area contributed by atoms with Gasteiger partial charge in [0.15, 0.2) is 0 Å². The van der Waals surface area contributed by atoms with Crippen LogP contribution in [0.5, 0.6) is 0 Å². The zero-order chi connectivity index (χ0) is 8.84. The average molecular weight is 181 g/mol. The van der Waals surface area contributed by atoms with E-state index in [-0.39, 0.29) is 0 Å². The molecule has 2 unspecified atom stereocenters. The van der Waals surface area contributed by atoms with E-state index in [0.29, 0.717) is 0 Å². The van der Waals surface area contributed by atoms with Crippen LogP contribution >= 0.6 is 0 Å². The fraction of sp³-hybridized carbons (Fsp3) is 1.00. The van der Waals surface area contributed by atoms with Gasteiger partial charge in [-0.25, -0.2) is 0 Å². The molecule has 0 aromatic rings. The van der Waals surface area contributed by atoms with Gasteiger partial charge >= 0.3 is 0 Å². The molecule has 3 heteroatoms. The maximum atomic E-state index is 3.47. The van der Waals surface area contributed by atoms with Gasteiger partial charge in [0.2, 0.25) is 0 Å². The fourth-order valence-corrected chi connectivity index (χ4v) is 3.34.